The van der Waals surface area contributed by atoms with Crippen LogP contribution in [0.4, 0.5) is 5.69 Å². The fourth-order valence-electron chi connectivity index (χ4n) is 1.60. The Balaban J connectivity index is 2.73. The van der Waals surface area contributed by atoms with Gasteiger partial charge in [0.15, 0.2) is 5.15 Å². The van der Waals surface area contributed by atoms with Gasteiger partial charge in [-0.15, -0.1) is 0 Å². The summed E-state index contributed by atoms with van der Waals surface area (Å²) in [5.74, 6) is 0. The lowest BCUT2D eigenvalue weighted by atomic mass is 10.1. The van der Waals surface area contributed by atoms with E-state index in [4.69, 9.17) is 23.2 Å². The van der Waals surface area contributed by atoms with Crippen LogP contribution < -0.4 is 5.32 Å². The van der Waals surface area contributed by atoms with Crippen molar-refractivity contribution in [2.45, 2.75) is 46.1 Å². The Labute approximate surface area is 107 Å². The fraction of sp³-hybridized carbons (Fsp3) is 0.583. The molecule has 1 heterocycles. The van der Waals surface area contributed by atoms with Crippen LogP contribution in [0.3, 0.4) is 0 Å². The molecule has 0 aliphatic rings. The van der Waals surface area contributed by atoms with E-state index in [0.717, 1.165) is 17.7 Å². The van der Waals surface area contributed by atoms with Gasteiger partial charge in [-0.2, -0.15) is 0 Å². The molecule has 0 bridgehead atoms. The van der Waals surface area contributed by atoms with Crippen molar-refractivity contribution in [1.82, 2.24) is 4.98 Å². The molecule has 0 amide bonds. The van der Waals surface area contributed by atoms with Gasteiger partial charge in [0, 0.05) is 6.04 Å². The summed E-state index contributed by atoms with van der Waals surface area (Å²) in [5.41, 5.74) is 1.93. The predicted octanol–water partition coefficient (Wildman–Crippen LogP) is 4.69. The molecular weight excluding hydrogens is 243 g/mol. The van der Waals surface area contributed by atoms with Crippen molar-refractivity contribution in [3.05, 3.63) is 21.9 Å². The molecule has 0 aromatic carbocycles. The topological polar surface area (TPSA) is 24.9 Å². The molecule has 1 atom stereocenters. The summed E-state index contributed by atoms with van der Waals surface area (Å²) >= 11 is 11.9. The SMILES string of the molecule is CCCCC(C)Nc1c(C)cc(Cl)nc1Cl. The van der Waals surface area contributed by atoms with E-state index in [9.17, 15) is 0 Å². The molecule has 1 unspecified atom stereocenters. The minimum Gasteiger partial charge on any atom is -0.380 e. The maximum absolute atomic E-state index is 6.05. The van der Waals surface area contributed by atoms with Crippen LogP contribution in [0.1, 0.15) is 38.7 Å². The van der Waals surface area contributed by atoms with Crippen LogP contribution in [0.25, 0.3) is 0 Å². The van der Waals surface area contributed by atoms with Crippen LogP contribution in [-0.4, -0.2) is 11.0 Å². The number of nitrogens with zero attached hydrogens (tertiary/aromatic N) is 1. The number of aryl methyl sites for hydroxylation is 1. The molecule has 1 N–H and O–H groups in total. The first kappa shape index (κ1) is 13.6. The van der Waals surface area contributed by atoms with Gasteiger partial charge in [-0.25, -0.2) is 4.98 Å². The van der Waals surface area contributed by atoms with E-state index in [0.29, 0.717) is 16.3 Å². The highest BCUT2D eigenvalue weighted by molar-refractivity contribution is 6.34. The number of nitrogens with one attached hydrogen (secondary N) is 1. The molecule has 0 fully saturated rings. The monoisotopic (exact) mass is 260 g/mol. The van der Waals surface area contributed by atoms with E-state index in [-0.39, 0.29) is 0 Å². The van der Waals surface area contributed by atoms with Crippen molar-refractivity contribution in [2.75, 3.05) is 5.32 Å². The molecule has 0 aliphatic carbocycles. The number of pyridine rings is 1. The first-order chi connectivity index (χ1) is 7.54. The first-order valence-corrected chi connectivity index (χ1v) is 6.39. The van der Waals surface area contributed by atoms with Gasteiger partial charge < -0.3 is 5.32 Å². The van der Waals surface area contributed by atoms with Crippen LogP contribution in [0, 0.1) is 6.92 Å². The Kier molecular flexibility index (Phi) is 5.36. The number of anilines is 1. The van der Waals surface area contributed by atoms with Gasteiger partial charge in [0.05, 0.1) is 5.69 Å². The summed E-state index contributed by atoms with van der Waals surface area (Å²) < 4.78 is 0. The number of unbranched alkanes of at least 4 members (excludes halogenated alkanes) is 1. The highest BCUT2D eigenvalue weighted by Gasteiger charge is 2.10. The van der Waals surface area contributed by atoms with Gasteiger partial charge in [-0.1, -0.05) is 43.0 Å². The zero-order chi connectivity index (χ0) is 12.1. The molecule has 1 rings (SSSR count). The highest BCUT2D eigenvalue weighted by Crippen LogP contribution is 2.27. The number of aromatic nitrogens is 1. The van der Waals surface area contributed by atoms with E-state index < -0.39 is 0 Å². The van der Waals surface area contributed by atoms with Gasteiger partial charge in [0.1, 0.15) is 5.15 Å². The number of rotatable bonds is 5. The highest BCUT2D eigenvalue weighted by atomic mass is 35.5. The van der Waals surface area contributed by atoms with Crippen molar-refractivity contribution in [2.24, 2.45) is 0 Å². The Bertz CT molecular complexity index is 330. The van der Waals surface area contributed by atoms with Gasteiger partial charge >= 0.3 is 0 Å². The van der Waals surface area contributed by atoms with Gasteiger partial charge in [-0.3, -0.25) is 0 Å². The summed E-state index contributed by atoms with van der Waals surface area (Å²) in [4.78, 5) is 4.04. The summed E-state index contributed by atoms with van der Waals surface area (Å²) in [6.07, 6.45) is 3.55. The Hall–Kier alpha value is -0.470. The van der Waals surface area contributed by atoms with E-state index in [1.54, 1.807) is 0 Å². The lowest BCUT2D eigenvalue weighted by molar-refractivity contribution is 0.644. The van der Waals surface area contributed by atoms with E-state index in [1.807, 2.05) is 13.0 Å². The van der Waals surface area contributed by atoms with Crippen LogP contribution >= 0.6 is 23.2 Å². The van der Waals surface area contributed by atoms with Gasteiger partial charge in [0.25, 0.3) is 0 Å². The minimum absolute atomic E-state index is 0.402. The summed E-state index contributed by atoms with van der Waals surface area (Å²) in [7, 11) is 0. The Morgan fingerprint density at radius 1 is 1.44 bits per heavy atom. The van der Waals surface area contributed by atoms with E-state index in [1.165, 1.54) is 12.8 Å². The quantitative estimate of drug-likeness (QED) is 0.778. The van der Waals surface area contributed by atoms with Crippen molar-refractivity contribution in [3.8, 4) is 0 Å². The minimum atomic E-state index is 0.402. The molecule has 0 saturated carbocycles. The van der Waals surface area contributed by atoms with Gasteiger partial charge in [-0.05, 0) is 31.9 Å². The van der Waals surface area contributed by atoms with Crippen molar-refractivity contribution >= 4 is 28.9 Å². The fourth-order valence-corrected chi connectivity index (χ4v) is 2.18. The molecular formula is C12H18Cl2N2. The summed E-state index contributed by atoms with van der Waals surface area (Å²) in [6.45, 7) is 6.32. The zero-order valence-corrected chi connectivity index (χ0v) is 11.5. The van der Waals surface area contributed by atoms with Crippen LogP contribution in [0.15, 0.2) is 6.07 Å². The van der Waals surface area contributed by atoms with Gasteiger partial charge in [0.2, 0.25) is 0 Å². The van der Waals surface area contributed by atoms with Crippen molar-refractivity contribution in [3.63, 3.8) is 0 Å². The zero-order valence-electron chi connectivity index (χ0n) is 9.98. The standard InChI is InChI=1S/C12H18Cl2N2/c1-4-5-6-9(3)15-11-8(2)7-10(13)16-12(11)14/h7,9,15H,4-6H2,1-3H3. The molecule has 2 nitrogen and oxygen atoms in total. The first-order valence-electron chi connectivity index (χ1n) is 5.63. The predicted molar refractivity (Wildman–Crippen MR) is 71.6 cm³/mol. The van der Waals surface area contributed by atoms with Crippen molar-refractivity contribution in [1.29, 1.82) is 0 Å². The Morgan fingerprint density at radius 3 is 2.69 bits per heavy atom. The van der Waals surface area contributed by atoms with Crippen LogP contribution in [0.2, 0.25) is 10.3 Å². The third kappa shape index (κ3) is 3.84. The second kappa shape index (κ2) is 6.31. The largest absolute Gasteiger partial charge is 0.380 e. The van der Waals surface area contributed by atoms with Crippen LogP contribution in [0.5, 0.6) is 0 Å². The summed E-state index contributed by atoms with van der Waals surface area (Å²) in [5, 5.41) is 4.28. The van der Waals surface area contributed by atoms with E-state index in [2.05, 4.69) is 24.1 Å². The second-order valence-electron chi connectivity index (χ2n) is 4.12. The third-order valence-corrected chi connectivity index (χ3v) is 2.99. The smallest absolute Gasteiger partial charge is 0.154 e. The number of hydrogen-bond donors (Lipinski definition) is 1. The molecule has 1 aromatic heterocycles. The maximum atomic E-state index is 6.05. The van der Waals surface area contributed by atoms with Crippen molar-refractivity contribution < 1.29 is 0 Å². The second-order valence-corrected chi connectivity index (χ2v) is 4.86. The third-order valence-electron chi connectivity index (χ3n) is 2.52. The lowest BCUT2D eigenvalue weighted by Gasteiger charge is -2.17. The molecule has 16 heavy (non-hydrogen) atoms. The Morgan fingerprint density at radius 2 is 2.12 bits per heavy atom. The number of hydrogen-bond acceptors (Lipinski definition) is 2. The van der Waals surface area contributed by atoms with Crippen LogP contribution in [-0.2, 0) is 0 Å². The molecule has 4 heteroatoms. The van der Waals surface area contributed by atoms with E-state index >= 15 is 0 Å². The molecule has 0 saturated heterocycles. The lowest BCUT2D eigenvalue weighted by Crippen LogP contribution is -2.16. The number of halogens is 2. The average Bonchev–Trinajstić information content (AvgIpc) is 2.20. The average molecular weight is 261 g/mol. The molecule has 1 aromatic rings. The summed E-state index contributed by atoms with van der Waals surface area (Å²) in [6, 6.07) is 2.22. The normalized spacial score (nSPS) is 12.6. The maximum Gasteiger partial charge on any atom is 0.154 e. The molecule has 0 radical (unpaired) electrons. The molecule has 0 spiro atoms. The molecule has 0 aliphatic heterocycles. The molecule has 90 valence electrons.